The highest BCUT2D eigenvalue weighted by Crippen LogP contribution is 2.01. The van der Waals surface area contributed by atoms with E-state index < -0.39 is 5.97 Å². The number of rotatable bonds is 6. The van der Waals surface area contributed by atoms with Crippen molar-refractivity contribution < 1.29 is 9.90 Å². The third-order valence-electron chi connectivity index (χ3n) is 2.09. The van der Waals surface area contributed by atoms with Gasteiger partial charge in [0.1, 0.15) is 5.71 Å². The van der Waals surface area contributed by atoms with Gasteiger partial charge in [-0.3, -0.25) is 0 Å². The van der Waals surface area contributed by atoms with Gasteiger partial charge in [-0.05, 0) is 18.9 Å². The van der Waals surface area contributed by atoms with E-state index in [1.165, 1.54) is 6.92 Å². The standard InChI is InChI=1S/C13H16N2O2/c1-11(13(16)17)15-14-10-6-5-9-12-7-3-2-4-8-12/h2-5,7-9,14H,6,10H2,1H3,(H,16,17). The van der Waals surface area contributed by atoms with Crippen LogP contribution in [0.25, 0.3) is 6.08 Å². The van der Waals surface area contributed by atoms with E-state index in [4.69, 9.17) is 5.11 Å². The Morgan fingerprint density at radius 1 is 1.41 bits per heavy atom. The number of nitrogens with one attached hydrogen (secondary N) is 1. The number of carbonyl (C=O) groups is 1. The van der Waals surface area contributed by atoms with E-state index in [9.17, 15) is 4.79 Å². The molecule has 0 heterocycles. The predicted molar refractivity (Wildman–Crippen MR) is 68.8 cm³/mol. The maximum atomic E-state index is 10.4. The average Bonchev–Trinajstić information content (AvgIpc) is 2.34. The average molecular weight is 232 g/mol. The van der Waals surface area contributed by atoms with Gasteiger partial charge in [0, 0.05) is 6.54 Å². The zero-order chi connectivity index (χ0) is 12.5. The molecule has 17 heavy (non-hydrogen) atoms. The molecule has 0 spiro atoms. The molecule has 0 saturated heterocycles. The van der Waals surface area contributed by atoms with Gasteiger partial charge in [0.05, 0.1) is 0 Å². The summed E-state index contributed by atoms with van der Waals surface area (Å²) in [6, 6.07) is 9.99. The quantitative estimate of drug-likeness (QED) is 0.449. The third-order valence-corrected chi connectivity index (χ3v) is 2.09. The lowest BCUT2D eigenvalue weighted by Crippen LogP contribution is -2.15. The van der Waals surface area contributed by atoms with Gasteiger partial charge < -0.3 is 10.5 Å². The number of carboxylic acid groups (broad SMARTS) is 1. The summed E-state index contributed by atoms with van der Waals surface area (Å²) in [7, 11) is 0. The minimum absolute atomic E-state index is 0.0667. The van der Waals surface area contributed by atoms with E-state index in [-0.39, 0.29) is 5.71 Å². The van der Waals surface area contributed by atoms with Crippen molar-refractivity contribution in [2.45, 2.75) is 13.3 Å². The predicted octanol–water partition coefficient (Wildman–Crippen LogP) is 2.14. The molecule has 4 heteroatoms. The van der Waals surface area contributed by atoms with Crippen LogP contribution in [0.15, 0.2) is 41.5 Å². The summed E-state index contributed by atoms with van der Waals surface area (Å²) in [5.41, 5.74) is 3.93. The largest absolute Gasteiger partial charge is 0.477 e. The Balaban J connectivity index is 2.23. The molecule has 0 atom stereocenters. The van der Waals surface area contributed by atoms with Gasteiger partial charge in [-0.1, -0.05) is 42.5 Å². The van der Waals surface area contributed by atoms with Crippen molar-refractivity contribution in [2.75, 3.05) is 6.54 Å². The zero-order valence-corrected chi connectivity index (χ0v) is 9.76. The Labute approximate surface area is 101 Å². The first kappa shape index (κ1) is 13.0. The van der Waals surface area contributed by atoms with Crippen LogP contribution in [0.1, 0.15) is 18.9 Å². The summed E-state index contributed by atoms with van der Waals surface area (Å²) < 4.78 is 0. The minimum atomic E-state index is -1.00. The third kappa shape index (κ3) is 5.51. The molecule has 0 radical (unpaired) electrons. The number of nitrogens with zero attached hydrogens (tertiary/aromatic N) is 1. The number of aliphatic carboxylic acids is 1. The Morgan fingerprint density at radius 3 is 2.76 bits per heavy atom. The molecular formula is C13H16N2O2. The summed E-state index contributed by atoms with van der Waals surface area (Å²) >= 11 is 0. The summed E-state index contributed by atoms with van der Waals surface area (Å²) in [5.74, 6) is -1.00. The number of benzene rings is 1. The van der Waals surface area contributed by atoms with Crippen LogP contribution in [0.4, 0.5) is 0 Å². The van der Waals surface area contributed by atoms with Crippen molar-refractivity contribution in [1.82, 2.24) is 5.43 Å². The second-order valence-electron chi connectivity index (χ2n) is 3.51. The molecule has 1 aromatic rings. The van der Waals surface area contributed by atoms with Gasteiger partial charge in [0.15, 0.2) is 0 Å². The van der Waals surface area contributed by atoms with Crippen LogP contribution in [-0.4, -0.2) is 23.3 Å². The first-order valence-electron chi connectivity index (χ1n) is 5.42. The van der Waals surface area contributed by atoms with Crippen molar-refractivity contribution in [3.63, 3.8) is 0 Å². The van der Waals surface area contributed by atoms with E-state index >= 15 is 0 Å². The maximum absolute atomic E-state index is 10.4. The highest BCUT2D eigenvalue weighted by molar-refractivity contribution is 6.34. The number of hydrazone groups is 1. The van der Waals surface area contributed by atoms with Crippen LogP contribution in [0.3, 0.4) is 0 Å². The molecule has 1 rings (SSSR count). The van der Waals surface area contributed by atoms with Crippen molar-refractivity contribution in [3.8, 4) is 0 Å². The number of hydrogen-bond acceptors (Lipinski definition) is 3. The summed E-state index contributed by atoms with van der Waals surface area (Å²) in [4.78, 5) is 10.4. The van der Waals surface area contributed by atoms with Gasteiger partial charge in [-0.25, -0.2) is 4.79 Å². The molecule has 0 aromatic heterocycles. The lowest BCUT2D eigenvalue weighted by molar-refractivity contribution is -0.129. The molecule has 0 fully saturated rings. The molecule has 0 amide bonds. The molecule has 90 valence electrons. The van der Waals surface area contributed by atoms with E-state index in [2.05, 4.69) is 10.5 Å². The highest BCUT2D eigenvalue weighted by Gasteiger charge is 1.99. The first-order valence-corrected chi connectivity index (χ1v) is 5.42. The second kappa shape index (κ2) is 7.22. The minimum Gasteiger partial charge on any atom is -0.477 e. The maximum Gasteiger partial charge on any atom is 0.351 e. The smallest absolute Gasteiger partial charge is 0.351 e. The molecule has 0 unspecified atom stereocenters. The molecule has 0 aliphatic carbocycles. The van der Waals surface area contributed by atoms with Crippen molar-refractivity contribution in [3.05, 3.63) is 42.0 Å². The van der Waals surface area contributed by atoms with E-state index in [0.717, 1.165) is 12.0 Å². The molecular weight excluding hydrogens is 216 g/mol. The monoisotopic (exact) mass is 232 g/mol. The SMILES string of the molecule is CC(=NNCCC=Cc1ccccc1)C(=O)O. The molecule has 0 aliphatic rings. The molecule has 4 nitrogen and oxygen atoms in total. The summed E-state index contributed by atoms with van der Waals surface area (Å²) in [5, 5.41) is 12.3. The van der Waals surface area contributed by atoms with Crippen LogP contribution in [0.2, 0.25) is 0 Å². The number of carboxylic acids is 1. The lowest BCUT2D eigenvalue weighted by Gasteiger charge is -1.97. The first-order chi connectivity index (χ1) is 8.20. The van der Waals surface area contributed by atoms with Crippen molar-refractivity contribution >= 4 is 17.8 Å². The Morgan fingerprint density at radius 2 is 2.12 bits per heavy atom. The van der Waals surface area contributed by atoms with Crippen molar-refractivity contribution in [1.29, 1.82) is 0 Å². The van der Waals surface area contributed by atoms with E-state index in [0.29, 0.717) is 6.54 Å². The zero-order valence-electron chi connectivity index (χ0n) is 9.76. The topological polar surface area (TPSA) is 61.7 Å². The molecule has 0 aliphatic heterocycles. The summed E-state index contributed by atoms with van der Waals surface area (Å²) in [6.07, 6.45) is 4.84. The van der Waals surface area contributed by atoms with Crippen LogP contribution in [-0.2, 0) is 4.79 Å². The van der Waals surface area contributed by atoms with Crippen LogP contribution >= 0.6 is 0 Å². The Bertz CT molecular complexity index is 411. The second-order valence-corrected chi connectivity index (χ2v) is 3.51. The fourth-order valence-electron chi connectivity index (χ4n) is 1.15. The fraction of sp³-hybridized carbons (Fsp3) is 0.231. The van der Waals surface area contributed by atoms with Crippen molar-refractivity contribution in [2.24, 2.45) is 5.10 Å². The van der Waals surface area contributed by atoms with Gasteiger partial charge in [0.25, 0.3) is 0 Å². The van der Waals surface area contributed by atoms with Gasteiger partial charge in [-0.15, -0.1) is 0 Å². The van der Waals surface area contributed by atoms with Crippen LogP contribution in [0.5, 0.6) is 0 Å². The van der Waals surface area contributed by atoms with Crippen LogP contribution < -0.4 is 5.43 Å². The molecule has 0 saturated carbocycles. The fourth-order valence-corrected chi connectivity index (χ4v) is 1.15. The van der Waals surface area contributed by atoms with Gasteiger partial charge in [-0.2, -0.15) is 5.10 Å². The molecule has 1 aromatic carbocycles. The normalized spacial score (nSPS) is 11.7. The van der Waals surface area contributed by atoms with Gasteiger partial charge >= 0.3 is 5.97 Å². The van der Waals surface area contributed by atoms with E-state index in [1.807, 2.05) is 42.5 Å². The van der Waals surface area contributed by atoms with Crippen LogP contribution in [0, 0.1) is 0 Å². The Kier molecular flexibility index (Phi) is 5.51. The van der Waals surface area contributed by atoms with E-state index in [1.54, 1.807) is 0 Å². The highest BCUT2D eigenvalue weighted by atomic mass is 16.4. The lowest BCUT2D eigenvalue weighted by atomic mass is 10.2. The van der Waals surface area contributed by atoms with Gasteiger partial charge in [0.2, 0.25) is 0 Å². The Hall–Kier alpha value is -2.10. The molecule has 2 N–H and O–H groups in total. The molecule has 0 bridgehead atoms. The summed E-state index contributed by atoms with van der Waals surface area (Å²) in [6.45, 7) is 2.07. The number of hydrogen-bond donors (Lipinski definition) is 2.